The van der Waals surface area contributed by atoms with E-state index in [9.17, 15) is 0 Å². The molecule has 0 spiro atoms. The average molecular weight is 256 g/mol. The van der Waals surface area contributed by atoms with Crippen molar-refractivity contribution in [3.8, 4) is 11.3 Å². The zero-order valence-electron chi connectivity index (χ0n) is 11.3. The molecule has 1 heterocycles. The zero-order valence-corrected chi connectivity index (χ0v) is 11.3. The fraction of sp³-hybridized carbons (Fsp3) is 0.438. The van der Waals surface area contributed by atoms with E-state index in [0.29, 0.717) is 6.04 Å². The van der Waals surface area contributed by atoms with Gasteiger partial charge in [-0.1, -0.05) is 25.5 Å². The number of rotatable bonds is 4. The van der Waals surface area contributed by atoms with Crippen LogP contribution in [0, 0.1) is 5.92 Å². The quantitative estimate of drug-likeness (QED) is 0.884. The summed E-state index contributed by atoms with van der Waals surface area (Å²) in [6, 6.07) is 9.00. The Morgan fingerprint density at radius 1 is 1.37 bits per heavy atom. The van der Waals surface area contributed by atoms with Crippen molar-refractivity contribution in [2.75, 3.05) is 5.32 Å². The number of anilines is 1. The van der Waals surface area contributed by atoms with Crippen LogP contribution in [0.1, 0.15) is 32.6 Å². The molecule has 0 amide bonds. The number of nitrogens with one attached hydrogen (secondary N) is 1. The highest BCUT2D eigenvalue weighted by Gasteiger charge is 2.22. The minimum absolute atomic E-state index is 0.620. The number of benzene rings is 1. The van der Waals surface area contributed by atoms with Crippen molar-refractivity contribution in [2.45, 2.75) is 38.6 Å². The van der Waals surface area contributed by atoms with Gasteiger partial charge in [0.05, 0.1) is 6.20 Å². The van der Waals surface area contributed by atoms with Gasteiger partial charge in [0.15, 0.2) is 12.2 Å². The summed E-state index contributed by atoms with van der Waals surface area (Å²) >= 11 is 0. The van der Waals surface area contributed by atoms with Crippen LogP contribution in [0.5, 0.6) is 0 Å². The number of hydrogen-bond acceptors (Lipinski definition) is 3. The number of nitrogens with zero attached hydrogens (tertiary/aromatic N) is 1. The standard InChI is InChI=1S/C16H20N2O/c1-2-12-6-7-15(8-12)18-14-5-3-4-13(9-14)16-10-17-11-19-16/h3-5,9-12,15,18H,2,6-8H2,1H3. The summed E-state index contributed by atoms with van der Waals surface area (Å²) in [6.45, 7) is 2.29. The van der Waals surface area contributed by atoms with E-state index >= 15 is 0 Å². The number of aromatic nitrogens is 1. The first-order valence-electron chi connectivity index (χ1n) is 7.10. The molecular formula is C16H20N2O. The second kappa shape index (κ2) is 5.47. The van der Waals surface area contributed by atoms with Crippen molar-refractivity contribution in [1.82, 2.24) is 4.98 Å². The summed E-state index contributed by atoms with van der Waals surface area (Å²) in [6.07, 6.45) is 8.46. The van der Waals surface area contributed by atoms with E-state index in [1.165, 1.54) is 37.8 Å². The molecule has 100 valence electrons. The minimum atomic E-state index is 0.620. The summed E-state index contributed by atoms with van der Waals surface area (Å²) in [7, 11) is 0. The smallest absolute Gasteiger partial charge is 0.181 e. The molecule has 0 saturated heterocycles. The molecule has 2 unspecified atom stereocenters. The SMILES string of the molecule is CCC1CCC(Nc2cccc(-c3cnco3)c2)C1. The van der Waals surface area contributed by atoms with Gasteiger partial charge in [-0.25, -0.2) is 4.98 Å². The molecule has 19 heavy (non-hydrogen) atoms. The highest BCUT2D eigenvalue weighted by molar-refractivity contribution is 5.63. The predicted molar refractivity (Wildman–Crippen MR) is 77.0 cm³/mol. The zero-order chi connectivity index (χ0) is 13.1. The first-order chi connectivity index (χ1) is 9.35. The van der Waals surface area contributed by atoms with Gasteiger partial charge in [0.2, 0.25) is 0 Å². The van der Waals surface area contributed by atoms with Gasteiger partial charge in [-0.2, -0.15) is 0 Å². The van der Waals surface area contributed by atoms with Crippen LogP contribution in [0.4, 0.5) is 5.69 Å². The number of oxazole rings is 1. The van der Waals surface area contributed by atoms with Crippen LogP contribution in [0.25, 0.3) is 11.3 Å². The molecule has 2 atom stereocenters. The monoisotopic (exact) mass is 256 g/mol. The summed E-state index contributed by atoms with van der Waals surface area (Å²) in [5.74, 6) is 1.72. The van der Waals surface area contributed by atoms with Gasteiger partial charge in [0, 0.05) is 17.3 Å². The molecule has 0 radical (unpaired) electrons. The molecule has 1 aromatic carbocycles. The second-order valence-corrected chi connectivity index (χ2v) is 5.38. The molecule has 1 N–H and O–H groups in total. The van der Waals surface area contributed by atoms with Crippen molar-refractivity contribution in [1.29, 1.82) is 0 Å². The van der Waals surface area contributed by atoms with Crippen LogP contribution in [0.15, 0.2) is 41.3 Å². The van der Waals surface area contributed by atoms with Gasteiger partial charge in [-0.05, 0) is 37.3 Å². The molecule has 0 aliphatic heterocycles. The van der Waals surface area contributed by atoms with Crippen LogP contribution in [0.2, 0.25) is 0 Å². The molecule has 1 aliphatic carbocycles. The first-order valence-corrected chi connectivity index (χ1v) is 7.10. The minimum Gasteiger partial charge on any atom is -0.444 e. The highest BCUT2D eigenvalue weighted by Crippen LogP contribution is 2.31. The van der Waals surface area contributed by atoms with E-state index < -0.39 is 0 Å². The first kappa shape index (κ1) is 12.3. The lowest BCUT2D eigenvalue weighted by Crippen LogP contribution is -2.15. The van der Waals surface area contributed by atoms with Gasteiger partial charge in [-0.15, -0.1) is 0 Å². The maximum absolute atomic E-state index is 5.34. The molecule has 2 aromatic rings. The van der Waals surface area contributed by atoms with Crippen molar-refractivity contribution >= 4 is 5.69 Å². The van der Waals surface area contributed by atoms with Gasteiger partial charge < -0.3 is 9.73 Å². The van der Waals surface area contributed by atoms with Gasteiger partial charge in [0.25, 0.3) is 0 Å². The molecular weight excluding hydrogens is 236 g/mol. The fourth-order valence-electron chi connectivity index (χ4n) is 2.93. The molecule has 1 aliphatic rings. The van der Waals surface area contributed by atoms with E-state index in [1.807, 2.05) is 0 Å². The topological polar surface area (TPSA) is 38.1 Å². The van der Waals surface area contributed by atoms with Crippen LogP contribution in [-0.4, -0.2) is 11.0 Å². The van der Waals surface area contributed by atoms with E-state index in [4.69, 9.17) is 4.42 Å². The van der Waals surface area contributed by atoms with Crippen LogP contribution in [0.3, 0.4) is 0 Å². The molecule has 0 bridgehead atoms. The molecule has 3 heteroatoms. The van der Waals surface area contributed by atoms with Gasteiger partial charge in [0.1, 0.15) is 0 Å². The third-order valence-electron chi connectivity index (χ3n) is 4.07. The lowest BCUT2D eigenvalue weighted by atomic mass is 10.1. The van der Waals surface area contributed by atoms with Crippen molar-refractivity contribution in [3.63, 3.8) is 0 Å². The Morgan fingerprint density at radius 2 is 2.32 bits per heavy atom. The fourth-order valence-corrected chi connectivity index (χ4v) is 2.93. The van der Waals surface area contributed by atoms with Crippen LogP contribution in [-0.2, 0) is 0 Å². The third kappa shape index (κ3) is 2.80. The lowest BCUT2D eigenvalue weighted by Gasteiger charge is -2.15. The lowest BCUT2D eigenvalue weighted by molar-refractivity contribution is 0.525. The largest absolute Gasteiger partial charge is 0.444 e. The van der Waals surface area contributed by atoms with E-state index in [0.717, 1.165) is 17.2 Å². The Labute approximate surface area is 114 Å². The van der Waals surface area contributed by atoms with Crippen LogP contribution < -0.4 is 5.32 Å². The van der Waals surface area contributed by atoms with Gasteiger partial charge >= 0.3 is 0 Å². The number of hydrogen-bond donors (Lipinski definition) is 1. The van der Waals surface area contributed by atoms with Crippen LogP contribution >= 0.6 is 0 Å². The Kier molecular flexibility index (Phi) is 3.53. The van der Waals surface area contributed by atoms with Crippen molar-refractivity contribution in [2.24, 2.45) is 5.92 Å². The maximum Gasteiger partial charge on any atom is 0.181 e. The average Bonchev–Trinajstić information content (AvgIpc) is 3.10. The second-order valence-electron chi connectivity index (χ2n) is 5.38. The predicted octanol–water partition coefficient (Wildman–Crippen LogP) is 4.33. The van der Waals surface area contributed by atoms with Crippen molar-refractivity contribution < 1.29 is 4.42 Å². The van der Waals surface area contributed by atoms with E-state index in [2.05, 4.69) is 41.5 Å². The van der Waals surface area contributed by atoms with E-state index in [1.54, 1.807) is 6.20 Å². The molecule has 1 saturated carbocycles. The highest BCUT2D eigenvalue weighted by atomic mass is 16.3. The molecule has 1 fully saturated rings. The third-order valence-corrected chi connectivity index (χ3v) is 4.07. The Balaban J connectivity index is 1.70. The van der Waals surface area contributed by atoms with Crippen molar-refractivity contribution in [3.05, 3.63) is 36.9 Å². The van der Waals surface area contributed by atoms with Gasteiger partial charge in [-0.3, -0.25) is 0 Å². The Morgan fingerprint density at radius 3 is 3.05 bits per heavy atom. The summed E-state index contributed by atoms with van der Waals surface area (Å²) < 4.78 is 5.34. The Hall–Kier alpha value is -1.77. The summed E-state index contributed by atoms with van der Waals surface area (Å²) in [5, 5.41) is 3.65. The maximum atomic E-state index is 5.34. The summed E-state index contributed by atoms with van der Waals surface area (Å²) in [4.78, 5) is 3.97. The Bertz CT molecular complexity index is 521. The molecule has 1 aromatic heterocycles. The summed E-state index contributed by atoms with van der Waals surface area (Å²) in [5.41, 5.74) is 2.25. The molecule has 3 rings (SSSR count). The van der Waals surface area contributed by atoms with E-state index in [-0.39, 0.29) is 0 Å². The molecule has 3 nitrogen and oxygen atoms in total. The normalized spacial score (nSPS) is 22.6.